The summed E-state index contributed by atoms with van der Waals surface area (Å²) in [5.74, 6) is 0. The van der Waals surface area contributed by atoms with E-state index in [2.05, 4.69) is 0 Å². The van der Waals surface area contributed by atoms with E-state index < -0.39 is 6.16 Å². The Balaban J connectivity index is 0.000000180. The van der Waals surface area contributed by atoms with Gasteiger partial charge in [0.25, 0.3) is 0 Å². The molecule has 0 aromatic rings. The van der Waals surface area contributed by atoms with E-state index in [4.69, 9.17) is 20.1 Å². The molecule has 0 unspecified atom stereocenters. The average molecular weight is 148 g/mol. The maximum atomic E-state index is 8.73. The Morgan fingerprint density at radius 3 is 1.60 bits per heavy atom. The molecular formula is C6H12O4. The summed E-state index contributed by atoms with van der Waals surface area (Å²) in [6, 6.07) is 0. The highest BCUT2D eigenvalue weighted by Gasteiger charge is 2.09. The van der Waals surface area contributed by atoms with E-state index in [1.54, 1.807) is 0 Å². The van der Waals surface area contributed by atoms with Crippen LogP contribution >= 0.6 is 0 Å². The minimum Gasteiger partial charge on any atom is -0.450 e. The summed E-state index contributed by atoms with van der Waals surface area (Å²) in [6.07, 6.45) is 2.77. The lowest BCUT2D eigenvalue weighted by Gasteiger charge is -1.91. The molecule has 1 saturated carbocycles. The summed E-state index contributed by atoms with van der Waals surface area (Å²) in [5, 5.41) is 22.7. The van der Waals surface area contributed by atoms with Crippen LogP contribution in [-0.2, 0) is 0 Å². The van der Waals surface area contributed by atoms with Gasteiger partial charge in [0.2, 0.25) is 0 Å². The van der Waals surface area contributed by atoms with E-state index in [9.17, 15) is 0 Å². The van der Waals surface area contributed by atoms with Crippen LogP contribution in [0.1, 0.15) is 25.7 Å². The van der Waals surface area contributed by atoms with Crippen molar-refractivity contribution in [2.24, 2.45) is 0 Å². The zero-order chi connectivity index (χ0) is 7.98. The van der Waals surface area contributed by atoms with Gasteiger partial charge in [0.15, 0.2) is 0 Å². The number of aliphatic hydroxyl groups excluding tert-OH is 1. The first kappa shape index (κ1) is 9.23. The van der Waals surface area contributed by atoms with Gasteiger partial charge in [-0.3, -0.25) is 0 Å². The summed E-state index contributed by atoms with van der Waals surface area (Å²) in [4.78, 5) is 8.56. The molecule has 0 aliphatic heterocycles. The second-order valence-electron chi connectivity index (χ2n) is 2.22. The molecule has 4 nitrogen and oxygen atoms in total. The first-order valence-electron chi connectivity index (χ1n) is 3.23. The van der Waals surface area contributed by atoms with Crippen molar-refractivity contribution in [3.05, 3.63) is 0 Å². The second-order valence-corrected chi connectivity index (χ2v) is 2.22. The molecule has 4 heteroatoms. The van der Waals surface area contributed by atoms with Gasteiger partial charge in [0.05, 0.1) is 6.10 Å². The zero-order valence-corrected chi connectivity index (χ0v) is 5.66. The molecule has 1 aliphatic rings. The van der Waals surface area contributed by atoms with Crippen molar-refractivity contribution in [3.8, 4) is 0 Å². The Bertz CT molecular complexity index is 91.9. The molecule has 0 spiro atoms. The van der Waals surface area contributed by atoms with Crippen molar-refractivity contribution in [1.29, 1.82) is 0 Å². The highest BCUT2D eigenvalue weighted by Crippen LogP contribution is 2.16. The summed E-state index contributed by atoms with van der Waals surface area (Å²) >= 11 is 0. The topological polar surface area (TPSA) is 77.8 Å². The fraction of sp³-hybridized carbons (Fsp3) is 0.833. The lowest BCUT2D eigenvalue weighted by Crippen LogP contribution is -1.94. The molecule has 0 amide bonds. The van der Waals surface area contributed by atoms with Crippen molar-refractivity contribution in [2.75, 3.05) is 0 Å². The second kappa shape index (κ2) is 5.05. The molecule has 0 heterocycles. The fourth-order valence-corrected chi connectivity index (χ4v) is 0.904. The van der Waals surface area contributed by atoms with Gasteiger partial charge < -0.3 is 15.3 Å². The molecular weight excluding hydrogens is 136 g/mol. The average Bonchev–Trinajstić information content (AvgIpc) is 2.15. The van der Waals surface area contributed by atoms with Gasteiger partial charge in [-0.15, -0.1) is 0 Å². The van der Waals surface area contributed by atoms with Gasteiger partial charge in [-0.1, -0.05) is 12.8 Å². The lowest BCUT2D eigenvalue weighted by molar-refractivity contribution is 0.137. The van der Waals surface area contributed by atoms with Gasteiger partial charge in [0, 0.05) is 0 Å². The van der Waals surface area contributed by atoms with E-state index in [-0.39, 0.29) is 6.10 Å². The zero-order valence-electron chi connectivity index (χ0n) is 5.66. The molecule has 1 aliphatic carbocycles. The molecule has 1 rings (SSSR count). The Hall–Kier alpha value is -0.770. The molecule has 0 aromatic carbocycles. The predicted molar refractivity (Wildman–Crippen MR) is 35.1 cm³/mol. The van der Waals surface area contributed by atoms with Gasteiger partial charge in [-0.25, -0.2) is 4.79 Å². The van der Waals surface area contributed by atoms with Crippen molar-refractivity contribution in [3.63, 3.8) is 0 Å². The van der Waals surface area contributed by atoms with E-state index in [1.165, 1.54) is 12.8 Å². The van der Waals surface area contributed by atoms with Crippen LogP contribution in [-0.4, -0.2) is 27.6 Å². The summed E-state index contributed by atoms with van der Waals surface area (Å²) in [7, 11) is 0. The first-order chi connectivity index (χ1) is 4.63. The molecule has 0 bridgehead atoms. The Morgan fingerprint density at radius 1 is 1.20 bits per heavy atom. The normalized spacial score (nSPS) is 17.7. The van der Waals surface area contributed by atoms with Crippen LogP contribution < -0.4 is 0 Å². The first-order valence-corrected chi connectivity index (χ1v) is 3.23. The van der Waals surface area contributed by atoms with Crippen molar-refractivity contribution >= 4 is 6.16 Å². The highest BCUT2D eigenvalue weighted by molar-refractivity contribution is 5.53. The molecule has 0 atom stereocenters. The van der Waals surface area contributed by atoms with Crippen molar-refractivity contribution < 1.29 is 20.1 Å². The third-order valence-corrected chi connectivity index (χ3v) is 1.32. The number of carbonyl (C=O) groups is 1. The third kappa shape index (κ3) is 7.23. The fourth-order valence-electron chi connectivity index (χ4n) is 0.904. The van der Waals surface area contributed by atoms with Crippen molar-refractivity contribution in [2.45, 2.75) is 31.8 Å². The van der Waals surface area contributed by atoms with Crippen molar-refractivity contribution in [1.82, 2.24) is 0 Å². The number of rotatable bonds is 0. The van der Waals surface area contributed by atoms with Gasteiger partial charge in [0.1, 0.15) is 0 Å². The molecule has 0 saturated heterocycles. The smallest absolute Gasteiger partial charge is 0.450 e. The molecule has 3 N–H and O–H groups in total. The van der Waals surface area contributed by atoms with Crippen LogP contribution in [0.2, 0.25) is 0 Å². The Labute approximate surface area is 59.1 Å². The number of hydrogen-bond acceptors (Lipinski definition) is 2. The quantitative estimate of drug-likeness (QED) is 0.481. The largest absolute Gasteiger partial charge is 0.503 e. The van der Waals surface area contributed by atoms with E-state index >= 15 is 0 Å². The van der Waals surface area contributed by atoms with Gasteiger partial charge in [-0.2, -0.15) is 0 Å². The monoisotopic (exact) mass is 148 g/mol. The molecule has 0 radical (unpaired) electrons. The molecule has 60 valence electrons. The number of hydrogen-bond donors (Lipinski definition) is 3. The van der Waals surface area contributed by atoms with Crippen LogP contribution in [0.15, 0.2) is 0 Å². The minimum absolute atomic E-state index is 0.0463. The van der Waals surface area contributed by atoms with E-state index in [1.807, 2.05) is 0 Å². The summed E-state index contributed by atoms with van der Waals surface area (Å²) in [5.41, 5.74) is 0. The lowest BCUT2D eigenvalue weighted by atomic mass is 10.3. The molecule has 1 fully saturated rings. The molecule has 10 heavy (non-hydrogen) atoms. The van der Waals surface area contributed by atoms with Crippen LogP contribution in [0, 0.1) is 0 Å². The maximum Gasteiger partial charge on any atom is 0.503 e. The number of carboxylic acid groups (broad SMARTS) is 2. The minimum atomic E-state index is -1.83. The van der Waals surface area contributed by atoms with Gasteiger partial charge >= 0.3 is 6.16 Å². The highest BCUT2D eigenvalue weighted by atomic mass is 16.6. The molecule has 0 aromatic heterocycles. The van der Waals surface area contributed by atoms with Crippen LogP contribution in [0.4, 0.5) is 4.79 Å². The van der Waals surface area contributed by atoms with Gasteiger partial charge in [-0.05, 0) is 12.8 Å². The summed E-state index contributed by atoms with van der Waals surface area (Å²) in [6.45, 7) is 0. The summed E-state index contributed by atoms with van der Waals surface area (Å²) < 4.78 is 0. The van der Waals surface area contributed by atoms with Crippen LogP contribution in [0.25, 0.3) is 0 Å². The maximum absolute atomic E-state index is 8.73. The predicted octanol–water partition coefficient (Wildman–Crippen LogP) is 1.14. The number of aliphatic hydroxyl groups is 1. The third-order valence-electron chi connectivity index (χ3n) is 1.32. The Morgan fingerprint density at radius 2 is 1.50 bits per heavy atom. The van der Waals surface area contributed by atoms with E-state index in [0.29, 0.717) is 0 Å². The van der Waals surface area contributed by atoms with E-state index in [0.717, 1.165) is 12.8 Å². The van der Waals surface area contributed by atoms with Crippen LogP contribution in [0.3, 0.4) is 0 Å². The Kier molecular flexibility index (Phi) is 4.66. The standard InChI is InChI=1S/C5H10O.CH2O3/c6-5-3-1-2-4-5;2-1(3)4/h5-6H,1-4H2;(H2,2,3,4). The SMILES string of the molecule is O=C(O)O.OC1CCCC1. The van der Waals surface area contributed by atoms with Crippen LogP contribution in [0.5, 0.6) is 0 Å².